The lowest BCUT2D eigenvalue weighted by Gasteiger charge is -2.40. The molecule has 4 aromatic rings. The summed E-state index contributed by atoms with van der Waals surface area (Å²) in [4.78, 5) is 16.7. The molecule has 0 saturated carbocycles. The van der Waals surface area contributed by atoms with E-state index < -0.39 is 0 Å². The highest BCUT2D eigenvalue weighted by atomic mass is 32.1. The molecule has 1 fully saturated rings. The quantitative estimate of drug-likeness (QED) is 0.434. The van der Waals surface area contributed by atoms with Gasteiger partial charge in [0.1, 0.15) is 28.5 Å². The van der Waals surface area contributed by atoms with Gasteiger partial charge in [-0.15, -0.1) is 11.3 Å². The van der Waals surface area contributed by atoms with Gasteiger partial charge in [0.2, 0.25) is 0 Å². The van der Waals surface area contributed by atoms with Gasteiger partial charge in [-0.05, 0) is 55.0 Å². The Morgan fingerprint density at radius 1 is 0.912 bits per heavy atom. The summed E-state index contributed by atoms with van der Waals surface area (Å²) in [5.74, 6) is 1.07. The lowest BCUT2D eigenvalue weighted by Crippen LogP contribution is -2.48. The van der Waals surface area contributed by atoms with Crippen molar-refractivity contribution in [1.29, 1.82) is 0 Å². The summed E-state index contributed by atoms with van der Waals surface area (Å²) in [6, 6.07) is 14.0. The molecule has 0 amide bonds. The predicted octanol–water partition coefficient (Wildman–Crippen LogP) is 5.33. The van der Waals surface area contributed by atoms with Crippen molar-refractivity contribution in [2.75, 3.05) is 31.1 Å². The van der Waals surface area contributed by atoms with E-state index in [0.717, 1.165) is 60.8 Å². The second-order valence-electron chi connectivity index (χ2n) is 9.12. The number of hydrogen-bond acceptors (Lipinski definition) is 6. The number of anilines is 1. The van der Waals surface area contributed by atoms with Gasteiger partial charge in [0.05, 0.1) is 11.4 Å². The van der Waals surface area contributed by atoms with Crippen molar-refractivity contribution < 1.29 is 9.50 Å². The molecule has 0 bridgehead atoms. The van der Waals surface area contributed by atoms with Crippen molar-refractivity contribution in [1.82, 2.24) is 14.9 Å². The molecule has 2 aromatic carbocycles. The minimum Gasteiger partial charge on any atom is -0.508 e. The highest BCUT2D eigenvalue weighted by Gasteiger charge is 2.30. The minimum absolute atomic E-state index is 0.136. The molecule has 0 spiro atoms. The van der Waals surface area contributed by atoms with Gasteiger partial charge in [-0.1, -0.05) is 30.3 Å². The summed E-state index contributed by atoms with van der Waals surface area (Å²) in [6.07, 6.45) is 6.48. The molecule has 2 aromatic heterocycles. The third kappa shape index (κ3) is 3.83. The Morgan fingerprint density at radius 2 is 1.68 bits per heavy atom. The van der Waals surface area contributed by atoms with E-state index in [-0.39, 0.29) is 17.6 Å². The van der Waals surface area contributed by atoms with Crippen molar-refractivity contribution in [3.05, 3.63) is 82.2 Å². The number of hydrogen-bond donors (Lipinski definition) is 1. The van der Waals surface area contributed by atoms with Gasteiger partial charge < -0.3 is 10.0 Å². The first-order valence-corrected chi connectivity index (χ1v) is 12.8. The molecule has 1 aliphatic carbocycles. The van der Waals surface area contributed by atoms with Crippen molar-refractivity contribution in [3.8, 4) is 5.75 Å². The topological polar surface area (TPSA) is 52.5 Å². The number of phenolic OH excluding ortho intramolecular Hbond substituents is 1. The molecule has 3 heterocycles. The number of thiophene rings is 1. The van der Waals surface area contributed by atoms with Crippen LogP contribution in [0.15, 0.2) is 54.9 Å². The van der Waals surface area contributed by atoms with Crippen molar-refractivity contribution in [2.24, 2.45) is 0 Å². The maximum absolute atomic E-state index is 13.7. The zero-order valence-electron chi connectivity index (χ0n) is 19.0. The van der Waals surface area contributed by atoms with Crippen molar-refractivity contribution >= 4 is 27.4 Å². The average molecular weight is 475 g/mol. The van der Waals surface area contributed by atoms with E-state index in [4.69, 9.17) is 4.98 Å². The van der Waals surface area contributed by atoms with Crippen LogP contribution in [-0.4, -0.2) is 46.2 Å². The number of phenols is 1. The number of nitrogens with zero attached hydrogens (tertiary/aromatic N) is 4. The van der Waals surface area contributed by atoms with Gasteiger partial charge in [0, 0.05) is 36.6 Å². The van der Waals surface area contributed by atoms with E-state index in [1.54, 1.807) is 12.4 Å². The van der Waals surface area contributed by atoms with Gasteiger partial charge in [0.25, 0.3) is 0 Å². The zero-order chi connectivity index (χ0) is 23.1. The van der Waals surface area contributed by atoms with E-state index in [2.05, 4.69) is 14.8 Å². The Hall–Kier alpha value is -3.03. The molecule has 1 saturated heterocycles. The Balaban J connectivity index is 1.30. The summed E-state index contributed by atoms with van der Waals surface area (Å²) in [6.45, 7) is 3.30. The van der Waals surface area contributed by atoms with Crippen LogP contribution < -0.4 is 4.90 Å². The van der Waals surface area contributed by atoms with Crippen LogP contribution in [0, 0.1) is 5.82 Å². The van der Waals surface area contributed by atoms with E-state index >= 15 is 0 Å². The Labute approximate surface area is 202 Å². The number of para-hydroxylation sites is 1. The highest BCUT2D eigenvalue weighted by molar-refractivity contribution is 7.19. The van der Waals surface area contributed by atoms with Crippen LogP contribution >= 0.6 is 11.3 Å². The molecule has 34 heavy (non-hydrogen) atoms. The molecule has 1 atom stereocenters. The first kappa shape index (κ1) is 21.5. The lowest BCUT2D eigenvalue weighted by molar-refractivity contribution is 0.209. The summed E-state index contributed by atoms with van der Waals surface area (Å²) >= 11 is 1.83. The van der Waals surface area contributed by atoms with Crippen LogP contribution in [0.4, 0.5) is 10.2 Å². The smallest absolute Gasteiger partial charge is 0.141 e. The molecule has 6 rings (SSSR count). The summed E-state index contributed by atoms with van der Waals surface area (Å²) in [5.41, 5.74) is 3.29. The number of aromatic hydroxyl groups is 1. The average Bonchev–Trinajstić information content (AvgIpc) is 3.26. The second-order valence-corrected chi connectivity index (χ2v) is 10.2. The molecular weight excluding hydrogens is 447 g/mol. The zero-order valence-corrected chi connectivity index (χ0v) is 19.8. The number of aromatic nitrogens is 2. The normalized spacial score (nSPS) is 17.6. The molecule has 1 N–H and O–H groups in total. The first-order chi connectivity index (χ1) is 16.7. The molecule has 7 heteroatoms. The lowest BCUT2D eigenvalue weighted by atomic mass is 9.95. The fourth-order valence-corrected chi connectivity index (χ4v) is 6.68. The minimum atomic E-state index is -0.253. The highest BCUT2D eigenvalue weighted by Crippen LogP contribution is 2.40. The van der Waals surface area contributed by atoms with Crippen LogP contribution in [0.3, 0.4) is 0 Å². The van der Waals surface area contributed by atoms with Gasteiger partial charge in [-0.25, -0.2) is 14.4 Å². The summed E-state index contributed by atoms with van der Waals surface area (Å²) in [7, 11) is 0. The fraction of sp³-hybridized carbons (Fsp3) is 0.333. The number of benzene rings is 2. The molecule has 174 valence electrons. The largest absolute Gasteiger partial charge is 0.508 e. The number of piperazine rings is 1. The molecule has 2 aliphatic rings. The third-order valence-electron chi connectivity index (χ3n) is 7.13. The van der Waals surface area contributed by atoms with Crippen LogP contribution in [0.2, 0.25) is 0 Å². The SMILES string of the molecule is Oc1ccccc1C(c1ccc(F)cc1)N1CCN(c2ncnc3sc4c(c23)CCCC4)CC1. The van der Waals surface area contributed by atoms with E-state index in [0.29, 0.717) is 0 Å². The number of rotatable bonds is 4. The van der Waals surface area contributed by atoms with E-state index in [1.165, 1.54) is 40.8 Å². The monoisotopic (exact) mass is 474 g/mol. The Bertz CT molecular complexity index is 1310. The Morgan fingerprint density at radius 3 is 2.47 bits per heavy atom. The number of fused-ring (bicyclic) bond motifs is 3. The van der Waals surface area contributed by atoms with E-state index in [9.17, 15) is 9.50 Å². The predicted molar refractivity (Wildman–Crippen MR) is 134 cm³/mol. The maximum atomic E-state index is 13.7. The first-order valence-electron chi connectivity index (χ1n) is 12.0. The van der Waals surface area contributed by atoms with Gasteiger partial charge in [-0.3, -0.25) is 4.90 Å². The van der Waals surface area contributed by atoms with Gasteiger partial charge in [0.15, 0.2) is 0 Å². The van der Waals surface area contributed by atoms with Crippen molar-refractivity contribution in [3.63, 3.8) is 0 Å². The van der Waals surface area contributed by atoms with Crippen LogP contribution in [0.1, 0.15) is 40.5 Å². The molecule has 1 unspecified atom stereocenters. The van der Waals surface area contributed by atoms with Crippen LogP contribution in [0.5, 0.6) is 5.75 Å². The van der Waals surface area contributed by atoms with Crippen LogP contribution in [-0.2, 0) is 12.8 Å². The molecule has 1 aliphatic heterocycles. The fourth-order valence-electron chi connectivity index (χ4n) is 5.46. The molecule has 5 nitrogen and oxygen atoms in total. The second kappa shape index (κ2) is 8.96. The summed E-state index contributed by atoms with van der Waals surface area (Å²) in [5, 5.41) is 11.9. The molecule has 0 radical (unpaired) electrons. The number of halogens is 1. The Kier molecular flexibility index (Phi) is 5.67. The van der Waals surface area contributed by atoms with Gasteiger partial charge in [-0.2, -0.15) is 0 Å². The maximum Gasteiger partial charge on any atom is 0.141 e. The van der Waals surface area contributed by atoms with Crippen molar-refractivity contribution in [2.45, 2.75) is 31.7 Å². The van der Waals surface area contributed by atoms with E-state index in [1.807, 2.05) is 41.7 Å². The third-order valence-corrected chi connectivity index (χ3v) is 8.33. The van der Waals surface area contributed by atoms with Crippen LogP contribution in [0.25, 0.3) is 10.2 Å². The standard InChI is InChI=1S/C27H27FN4OS/c28-19-11-9-18(10-12-19)25(20-5-1-3-7-22(20)33)31-13-15-32(16-14-31)26-24-21-6-2-4-8-23(21)34-27(24)30-17-29-26/h1,3,5,7,9-12,17,25,33H,2,4,6,8,13-16H2. The molecular formula is C27H27FN4OS. The van der Waals surface area contributed by atoms with Gasteiger partial charge >= 0.3 is 0 Å². The number of aryl methyl sites for hydroxylation is 2. The summed E-state index contributed by atoms with van der Waals surface area (Å²) < 4.78 is 13.7.